The summed E-state index contributed by atoms with van der Waals surface area (Å²) < 4.78 is 33.1. The topological polar surface area (TPSA) is 84.5 Å². The molecule has 3 aliphatic carbocycles. The van der Waals surface area contributed by atoms with E-state index in [2.05, 4.69) is 10.0 Å². The van der Waals surface area contributed by atoms with Gasteiger partial charge in [0, 0.05) is 17.6 Å². The Morgan fingerprint density at radius 1 is 1.14 bits per heavy atom. The number of methoxy groups -OCH3 is 1. The van der Waals surface area contributed by atoms with Gasteiger partial charge >= 0.3 is 0 Å². The molecular weight excluding hydrogens is 376 g/mol. The van der Waals surface area contributed by atoms with Gasteiger partial charge < -0.3 is 10.1 Å². The van der Waals surface area contributed by atoms with Crippen LogP contribution in [0.3, 0.4) is 0 Å². The first-order valence-corrected chi connectivity index (χ1v) is 11.8. The van der Waals surface area contributed by atoms with E-state index in [4.69, 9.17) is 4.74 Å². The van der Waals surface area contributed by atoms with Crippen LogP contribution in [0.25, 0.3) is 0 Å². The van der Waals surface area contributed by atoms with E-state index < -0.39 is 10.0 Å². The maximum Gasteiger partial charge on any atom is 0.251 e. The van der Waals surface area contributed by atoms with Gasteiger partial charge in [0.1, 0.15) is 10.6 Å². The van der Waals surface area contributed by atoms with Gasteiger partial charge in [-0.1, -0.05) is 6.42 Å². The van der Waals surface area contributed by atoms with Gasteiger partial charge in [-0.3, -0.25) is 4.79 Å². The molecule has 2 N–H and O–H groups in total. The molecule has 7 heteroatoms. The van der Waals surface area contributed by atoms with Gasteiger partial charge in [0.2, 0.25) is 10.0 Å². The smallest absolute Gasteiger partial charge is 0.251 e. The first-order valence-electron chi connectivity index (χ1n) is 10.3. The molecule has 2 bridgehead atoms. The van der Waals surface area contributed by atoms with Crippen molar-refractivity contribution in [2.24, 2.45) is 23.7 Å². The molecule has 3 fully saturated rings. The van der Waals surface area contributed by atoms with Gasteiger partial charge in [-0.25, -0.2) is 13.1 Å². The highest BCUT2D eigenvalue weighted by atomic mass is 32.2. The number of ether oxygens (including phenoxy) is 1. The molecule has 0 aliphatic heterocycles. The number of nitrogens with one attached hydrogen (secondary N) is 2. The highest BCUT2D eigenvalue weighted by Gasteiger charge is 2.54. The summed E-state index contributed by atoms with van der Waals surface area (Å²) in [7, 11) is -2.33. The molecule has 154 valence electrons. The van der Waals surface area contributed by atoms with Gasteiger partial charge in [0.15, 0.2) is 0 Å². The van der Waals surface area contributed by atoms with E-state index in [1.54, 1.807) is 26.0 Å². The predicted octanol–water partition coefficient (Wildman–Crippen LogP) is 2.94. The highest BCUT2D eigenvalue weighted by Crippen LogP contribution is 2.58. The van der Waals surface area contributed by atoms with Crippen molar-refractivity contribution in [2.75, 3.05) is 7.11 Å². The minimum atomic E-state index is -3.76. The van der Waals surface area contributed by atoms with E-state index in [1.807, 2.05) is 0 Å². The zero-order chi connectivity index (χ0) is 20.1. The summed E-state index contributed by atoms with van der Waals surface area (Å²) in [4.78, 5) is 12.9. The van der Waals surface area contributed by atoms with Gasteiger partial charge in [-0.2, -0.15) is 0 Å². The Balaban J connectivity index is 1.53. The molecule has 4 rings (SSSR count). The van der Waals surface area contributed by atoms with Crippen LogP contribution in [0.2, 0.25) is 0 Å². The maximum absolute atomic E-state index is 12.9. The first-order chi connectivity index (χ1) is 13.3. The van der Waals surface area contributed by atoms with E-state index in [1.165, 1.54) is 38.9 Å². The summed E-state index contributed by atoms with van der Waals surface area (Å²) in [5.74, 6) is 3.02. The Hall–Kier alpha value is -1.60. The van der Waals surface area contributed by atoms with Crippen molar-refractivity contribution in [1.82, 2.24) is 10.0 Å². The highest BCUT2D eigenvalue weighted by molar-refractivity contribution is 7.89. The molecule has 1 aromatic carbocycles. The lowest BCUT2D eigenvalue weighted by molar-refractivity contribution is 0.0901. The molecule has 28 heavy (non-hydrogen) atoms. The summed E-state index contributed by atoms with van der Waals surface area (Å²) in [6, 6.07) is 4.57. The molecule has 0 unspecified atom stereocenters. The number of carbonyl (C=O) groups is 1. The Kier molecular flexibility index (Phi) is 5.16. The van der Waals surface area contributed by atoms with Crippen LogP contribution >= 0.6 is 0 Å². The Morgan fingerprint density at radius 3 is 2.61 bits per heavy atom. The van der Waals surface area contributed by atoms with Crippen LogP contribution in [0.4, 0.5) is 0 Å². The fourth-order valence-electron chi connectivity index (χ4n) is 5.89. The molecule has 0 saturated heterocycles. The fourth-order valence-corrected chi connectivity index (χ4v) is 7.33. The maximum atomic E-state index is 12.9. The third-order valence-electron chi connectivity index (χ3n) is 6.85. The van der Waals surface area contributed by atoms with Crippen molar-refractivity contribution in [3.63, 3.8) is 0 Å². The van der Waals surface area contributed by atoms with Crippen molar-refractivity contribution in [1.29, 1.82) is 0 Å². The molecule has 0 spiro atoms. The zero-order valence-corrected chi connectivity index (χ0v) is 17.6. The van der Waals surface area contributed by atoms with Gasteiger partial charge in [0.05, 0.1) is 7.11 Å². The SMILES string of the molecule is COc1ccc(C(=O)N[C@@H]2C[C@H]3C[C@H]2[C@H]2CCC[C@@H]32)cc1S(=O)(=O)NC(C)C. The van der Waals surface area contributed by atoms with Crippen LogP contribution in [0.15, 0.2) is 23.1 Å². The van der Waals surface area contributed by atoms with Crippen LogP contribution in [0, 0.1) is 23.7 Å². The van der Waals surface area contributed by atoms with E-state index >= 15 is 0 Å². The number of benzene rings is 1. The van der Waals surface area contributed by atoms with Crippen LogP contribution in [0.5, 0.6) is 5.75 Å². The second kappa shape index (κ2) is 7.34. The largest absolute Gasteiger partial charge is 0.495 e. The summed E-state index contributed by atoms with van der Waals surface area (Å²) in [5, 5.41) is 3.20. The number of fused-ring (bicyclic) bond motifs is 5. The average Bonchev–Trinajstić information content (AvgIpc) is 3.33. The fraction of sp³-hybridized carbons (Fsp3) is 0.667. The van der Waals surface area contributed by atoms with E-state index in [9.17, 15) is 13.2 Å². The summed E-state index contributed by atoms with van der Waals surface area (Å²) in [5.41, 5.74) is 0.357. The summed E-state index contributed by atoms with van der Waals surface area (Å²) in [6.45, 7) is 3.51. The molecule has 0 aromatic heterocycles. The third kappa shape index (κ3) is 3.43. The van der Waals surface area contributed by atoms with E-state index in [0.29, 0.717) is 11.5 Å². The number of amides is 1. The quantitative estimate of drug-likeness (QED) is 0.761. The number of hydrogen-bond acceptors (Lipinski definition) is 4. The van der Waals surface area contributed by atoms with Crippen LogP contribution in [0.1, 0.15) is 56.3 Å². The standard InChI is InChI=1S/C21H30N2O4S/c1-12(2)23-28(25,26)20-11-13(7-8-19(20)27-3)21(24)22-18-10-14-9-17(18)16-6-4-5-15(14)16/h7-8,11-12,14-18,23H,4-6,9-10H2,1-3H3,(H,22,24)/t14-,15+,16+,17+,18-/m1/s1. The zero-order valence-electron chi connectivity index (χ0n) is 16.8. The van der Waals surface area contributed by atoms with Crippen molar-refractivity contribution in [2.45, 2.75) is 62.9 Å². The molecular formula is C21H30N2O4S. The monoisotopic (exact) mass is 406 g/mol. The van der Waals surface area contributed by atoms with E-state index in [0.717, 1.165) is 24.2 Å². The average molecular weight is 407 g/mol. The lowest BCUT2D eigenvalue weighted by atomic mass is 9.79. The molecule has 5 atom stereocenters. The minimum absolute atomic E-state index is 0.000138. The van der Waals surface area contributed by atoms with Crippen molar-refractivity contribution < 1.29 is 17.9 Å². The minimum Gasteiger partial charge on any atom is -0.495 e. The summed E-state index contributed by atoms with van der Waals surface area (Å²) in [6.07, 6.45) is 6.28. The van der Waals surface area contributed by atoms with Crippen LogP contribution in [-0.2, 0) is 10.0 Å². The molecule has 1 amide bonds. The molecule has 3 aliphatic rings. The second-order valence-corrected chi connectivity index (χ2v) is 10.6. The molecule has 1 aromatic rings. The molecule has 3 saturated carbocycles. The van der Waals surface area contributed by atoms with Crippen LogP contribution in [-0.4, -0.2) is 33.5 Å². The predicted molar refractivity (Wildman–Crippen MR) is 107 cm³/mol. The number of rotatable bonds is 6. The van der Waals surface area contributed by atoms with Gasteiger partial charge in [-0.05, 0) is 81.4 Å². The molecule has 6 nitrogen and oxygen atoms in total. The lowest BCUT2D eigenvalue weighted by Crippen LogP contribution is -2.42. The second-order valence-electron chi connectivity index (χ2n) is 8.88. The summed E-state index contributed by atoms with van der Waals surface area (Å²) >= 11 is 0. The first kappa shape index (κ1) is 19.7. The van der Waals surface area contributed by atoms with Gasteiger partial charge in [0.25, 0.3) is 5.91 Å². The van der Waals surface area contributed by atoms with E-state index in [-0.39, 0.29) is 28.6 Å². The number of sulfonamides is 1. The molecule has 0 radical (unpaired) electrons. The Labute approximate surface area is 167 Å². The normalized spacial score (nSPS) is 31.2. The number of carbonyl (C=O) groups excluding carboxylic acids is 1. The number of hydrogen-bond donors (Lipinski definition) is 2. The Bertz CT molecular complexity index is 867. The van der Waals surface area contributed by atoms with Gasteiger partial charge in [-0.15, -0.1) is 0 Å². The van der Waals surface area contributed by atoms with Crippen LogP contribution < -0.4 is 14.8 Å². The van der Waals surface area contributed by atoms with Crippen molar-refractivity contribution >= 4 is 15.9 Å². The van der Waals surface area contributed by atoms with Crippen molar-refractivity contribution in [3.8, 4) is 5.75 Å². The lowest BCUT2D eigenvalue weighted by Gasteiger charge is -2.32. The third-order valence-corrected chi connectivity index (χ3v) is 8.53. The molecule has 0 heterocycles. The van der Waals surface area contributed by atoms with Crippen molar-refractivity contribution in [3.05, 3.63) is 23.8 Å². The Morgan fingerprint density at radius 2 is 1.89 bits per heavy atom.